The van der Waals surface area contributed by atoms with Gasteiger partial charge in [-0.3, -0.25) is 4.79 Å². The second-order valence-corrected chi connectivity index (χ2v) is 7.24. The number of para-hydroxylation sites is 1. The van der Waals surface area contributed by atoms with Gasteiger partial charge in [0.2, 0.25) is 5.91 Å². The normalized spacial score (nSPS) is 30.1. The van der Waals surface area contributed by atoms with Crippen molar-refractivity contribution in [1.82, 2.24) is 5.32 Å². The van der Waals surface area contributed by atoms with Gasteiger partial charge in [-0.05, 0) is 38.2 Å². The van der Waals surface area contributed by atoms with Crippen molar-refractivity contribution >= 4 is 5.91 Å². The van der Waals surface area contributed by atoms with Crippen LogP contribution in [0.3, 0.4) is 0 Å². The maximum Gasteiger partial charge on any atom is 0.231 e. The first-order valence-electron chi connectivity index (χ1n) is 8.32. The number of hydrogen-bond donors (Lipinski definition) is 2. The van der Waals surface area contributed by atoms with Crippen molar-refractivity contribution < 1.29 is 9.53 Å². The highest BCUT2D eigenvalue weighted by Crippen LogP contribution is 2.56. The van der Waals surface area contributed by atoms with E-state index in [-0.39, 0.29) is 28.8 Å². The third kappa shape index (κ3) is 1.76. The molecular weight excluding hydrogens is 276 g/mol. The zero-order valence-corrected chi connectivity index (χ0v) is 13.1. The maximum absolute atomic E-state index is 12.9. The molecule has 4 heteroatoms. The van der Waals surface area contributed by atoms with Gasteiger partial charge >= 0.3 is 0 Å². The van der Waals surface area contributed by atoms with Crippen molar-refractivity contribution in [1.29, 1.82) is 0 Å². The van der Waals surface area contributed by atoms with Crippen LogP contribution in [0, 0.1) is 5.41 Å². The van der Waals surface area contributed by atoms with E-state index in [0.717, 1.165) is 30.6 Å². The number of methoxy groups -OCH3 is 1. The van der Waals surface area contributed by atoms with Crippen LogP contribution in [0.2, 0.25) is 0 Å². The topological polar surface area (TPSA) is 64.3 Å². The quantitative estimate of drug-likeness (QED) is 0.895. The van der Waals surface area contributed by atoms with E-state index >= 15 is 0 Å². The van der Waals surface area contributed by atoms with Gasteiger partial charge in [0, 0.05) is 23.1 Å². The Morgan fingerprint density at radius 2 is 2.00 bits per heavy atom. The van der Waals surface area contributed by atoms with Crippen LogP contribution in [-0.2, 0) is 10.2 Å². The van der Waals surface area contributed by atoms with E-state index in [2.05, 4.69) is 5.32 Å². The molecular formula is C18H24N2O2. The average molecular weight is 300 g/mol. The Labute approximate surface area is 131 Å². The van der Waals surface area contributed by atoms with Gasteiger partial charge in [-0.1, -0.05) is 24.6 Å². The van der Waals surface area contributed by atoms with E-state index in [0.29, 0.717) is 0 Å². The van der Waals surface area contributed by atoms with Gasteiger partial charge in [0.05, 0.1) is 12.5 Å². The Morgan fingerprint density at radius 1 is 1.27 bits per heavy atom. The van der Waals surface area contributed by atoms with Crippen molar-refractivity contribution in [2.75, 3.05) is 7.11 Å². The van der Waals surface area contributed by atoms with Crippen LogP contribution in [0.5, 0.6) is 5.75 Å². The Balaban J connectivity index is 1.53. The molecule has 0 aliphatic heterocycles. The second-order valence-electron chi connectivity index (χ2n) is 7.24. The molecule has 3 N–H and O–H groups in total. The third-order valence-corrected chi connectivity index (χ3v) is 6.32. The molecule has 0 aromatic heterocycles. The number of ether oxygens (including phenoxy) is 1. The predicted molar refractivity (Wildman–Crippen MR) is 84.7 cm³/mol. The fraction of sp³-hybridized carbons (Fsp3) is 0.611. The Morgan fingerprint density at radius 3 is 2.55 bits per heavy atom. The highest BCUT2D eigenvalue weighted by atomic mass is 16.5. The van der Waals surface area contributed by atoms with E-state index in [1.807, 2.05) is 24.3 Å². The molecule has 4 nitrogen and oxygen atoms in total. The van der Waals surface area contributed by atoms with E-state index in [1.165, 1.54) is 19.3 Å². The zero-order valence-electron chi connectivity index (χ0n) is 13.1. The van der Waals surface area contributed by atoms with Gasteiger partial charge in [0.25, 0.3) is 0 Å². The molecule has 3 fully saturated rings. The Hall–Kier alpha value is -1.55. The summed E-state index contributed by atoms with van der Waals surface area (Å²) >= 11 is 0. The van der Waals surface area contributed by atoms with Crippen LogP contribution < -0.4 is 15.8 Å². The lowest BCUT2D eigenvalue weighted by atomic mass is 9.50. The molecule has 3 aliphatic rings. The summed E-state index contributed by atoms with van der Waals surface area (Å²) in [6.45, 7) is 0. The van der Waals surface area contributed by atoms with Gasteiger partial charge in [0.1, 0.15) is 5.75 Å². The molecule has 3 aliphatic carbocycles. The summed E-state index contributed by atoms with van der Waals surface area (Å²) in [6, 6.07) is 8.44. The molecule has 2 atom stereocenters. The molecule has 4 rings (SSSR count). The minimum absolute atomic E-state index is 0.167. The fourth-order valence-corrected chi connectivity index (χ4v) is 4.41. The largest absolute Gasteiger partial charge is 0.496 e. The number of benzene rings is 1. The smallest absolute Gasteiger partial charge is 0.231 e. The number of hydrogen-bond acceptors (Lipinski definition) is 3. The van der Waals surface area contributed by atoms with Gasteiger partial charge in [0.15, 0.2) is 0 Å². The SMILES string of the molecule is COc1ccccc1C1(C(=O)NC2CC(N)C23CCC3)CC1. The summed E-state index contributed by atoms with van der Waals surface area (Å²) in [6.07, 6.45) is 6.32. The molecule has 2 unspecified atom stereocenters. The number of amides is 1. The van der Waals surface area contributed by atoms with Crippen LogP contribution >= 0.6 is 0 Å². The van der Waals surface area contributed by atoms with E-state index in [1.54, 1.807) is 7.11 Å². The summed E-state index contributed by atoms with van der Waals surface area (Å²) in [7, 11) is 1.67. The van der Waals surface area contributed by atoms with Gasteiger partial charge in [-0.25, -0.2) is 0 Å². The molecule has 1 amide bonds. The molecule has 0 saturated heterocycles. The van der Waals surface area contributed by atoms with Crippen LogP contribution in [0.15, 0.2) is 24.3 Å². The molecule has 0 radical (unpaired) electrons. The lowest BCUT2D eigenvalue weighted by Crippen LogP contribution is -2.70. The highest BCUT2D eigenvalue weighted by molar-refractivity contribution is 5.92. The summed E-state index contributed by atoms with van der Waals surface area (Å²) in [5.74, 6) is 0.985. The summed E-state index contributed by atoms with van der Waals surface area (Å²) < 4.78 is 5.46. The molecule has 118 valence electrons. The monoisotopic (exact) mass is 300 g/mol. The number of rotatable bonds is 4. The maximum atomic E-state index is 12.9. The highest BCUT2D eigenvalue weighted by Gasteiger charge is 2.60. The molecule has 1 aromatic rings. The van der Waals surface area contributed by atoms with Crippen LogP contribution in [0.4, 0.5) is 0 Å². The standard InChI is InChI=1S/C18H24N2O2/c1-22-13-6-3-2-5-12(13)17(9-10-17)16(21)20-15-11-14(19)18(15)7-4-8-18/h2-3,5-6,14-15H,4,7-11,19H2,1H3,(H,20,21). The molecule has 1 spiro atoms. The minimum Gasteiger partial charge on any atom is -0.496 e. The fourth-order valence-electron chi connectivity index (χ4n) is 4.41. The third-order valence-electron chi connectivity index (χ3n) is 6.32. The zero-order chi connectivity index (χ0) is 15.4. The van der Waals surface area contributed by atoms with Gasteiger partial charge in [-0.2, -0.15) is 0 Å². The van der Waals surface area contributed by atoms with E-state index in [9.17, 15) is 4.79 Å². The van der Waals surface area contributed by atoms with E-state index < -0.39 is 0 Å². The average Bonchev–Trinajstić information content (AvgIpc) is 3.26. The first kappa shape index (κ1) is 14.1. The lowest BCUT2D eigenvalue weighted by molar-refractivity contribution is -0.130. The van der Waals surface area contributed by atoms with E-state index in [4.69, 9.17) is 10.5 Å². The number of carbonyl (C=O) groups is 1. The summed E-state index contributed by atoms with van der Waals surface area (Å²) in [4.78, 5) is 12.9. The second kappa shape index (κ2) is 4.72. The van der Waals surface area contributed by atoms with Crippen molar-refractivity contribution in [3.63, 3.8) is 0 Å². The molecule has 0 heterocycles. The van der Waals surface area contributed by atoms with Crippen molar-refractivity contribution in [3.05, 3.63) is 29.8 Å². The summed E-state index contributed by atoms with van der Waals surface area (Å²) in [5, 5.41) is 3.32. The Bertz CT molecular complexity index is 605. The van der Waals surface area contributed by atoms with Crippen LogP contribution in [0.25, 0.3) is 0 Å². The molecule has 3 saturated carbocycles. The van der Waals surface area contributed by atoms with Crippen LogP contribution in [0.1, 0.15) is 44.1 Å². The molecule has 0 bridgehead atoms. The van der Waals surface area contributed by atoms with Crippen molar-refractivity contribution in [3.8, 4) is 5.75 Å². The summed E-state index contributed by atoms with van der Waals surface area (Å²) in [5.41, 5.74) is 7.05. The number of nitrogens with one attached hydrogen (secondary N) is 1. The van der Waals surface area contributed by atoms with Crippen molar-refractivity contribution in [2.45, 2.75) is 56.0 Å². The molecule has 1 aromatic carbocycles. The molecule has 22 heavy (non-hydrogen) atoms. The first-order chi connectivity index (χ1) is 10.6. The minimum atomic E-state index is -0.378. The first-order valence-corrected chi connectivity index (χ1v) is 8.32. The predicted octanol–water partition coefficient (Wildman–Crippen LogP) is 2.11. The van der Waals surface area contributed by atoms with Gasteiger partial charge < -0.3 is 15.8 Å². The number of nitrogens with two attached hydrogens (primary N) is 1. The Kier molecular flexibility index (Phi) is 3.02. The van der Waals surface area contributed by atoms with Crippen molar-refractivity contribution in [2.24, 2.45) is 11.1 Å². The van der Waals surface area contributed by atoms with Gasteiger partial charge in [-0.15, -0.1) is 0 Å². The lowest BCUT2D eigenvalue weighted by Gasteiger charge is -2.60. The number of carbonyl (C=O) groups excluding carboxylic acids is 1. The van der Waals surface area contributed by atoms with Crippen LogP contribution in [-0.4, -0.2) is 25.1 Å².